The van der Waals surface area contributed by atoms with Gasteiger partial charge in [-0.25, -0.2) is 8.42 Å². The van der Waals surface area contributed by atoms with Crippen LogP contribution < -0.4 is 0 Å². The summed E-state index contributed by atoms with van der Waals surface area (Å²) in [6.07, 6.45) is 0. The molecule has 1 aromatic heterocycles. The van der Waals surface area contributed by atoms with E-state index in [1.54, 1.807) is 14.0 Å². The number of carbonyl (C=O) groups is 1. The SMILES string of the molecule is Cc1nn(C)c(Cl)c1CS(=O)(=O)CC(=O)O. The smallest absolute Gasteiger partial charge is 0.318 e. The fourth-order valence-electron chi connectivity index (χ4n) is 1.30. The van der Waals surface area contributed by atoms with Gasteiger partial charge in [0.05, 0.1) is 11.4 Å². The lowest BCUT2D eigenvalue weighted by molar-refractivity contribution is -0.134. The first-order valence-electron chi connectivity index (χ1n) is 4.33. The predicted molar refractivity (Wildman–Crippen MR) is 58.1 cm³/mol. The van der Waals surface area contributed by atoms with Gasteiger partial charge in [-0.3, -0.25) is 9.48 Å². The van der Waals surface area contributed by atoms with Gasteiger partial charge < -0.3 is 5.11 Å². The Kier molecular flexibility index (Phi) is 3.59. The number of aryl methyl sites for hydroxylation is 2. The van der Waals surface area contributed by atoms with E-state index in [4.69, 9.17) is 16.7 Å². The third kappa shape index (κ3) is 2.96. The van der Waals surface area contributed by atoms with Gasteiger partial charge in [0.15, 0.2) is 9.84 Å². The third-order valence-corrected chi connectivity index (χ3v) is 3.87. The van der Waals surface area contributed by atoms with Gasteiger partial charge in [0.2, 0.25) is 0 Å². The van der Waals surface area contributed by atoms with E-state index in [9.17, 15) is 13.2 Å². The van der Waals surface area contributed by atoms with Crippen molar-refractivity contribution in [1.82, 2.24) is 9.78 Å². The number of nitrogens with zero attached hydrogens (tertiary/aromatic N) is 2. The quantitative estimate of drug-likeness (QED) is 0.851. The van der Waals surface area contributed by atoms with Gasteiger partial charge in [0.25, 0.3) is 0 Å². The molecule has 0 radical (unpaired) electrons. The first-order chi connectivity index (χ1) is 7.23. The van der Waals surface area contributed by atoms with Crippen LogP contribution in [-0.4, -0.2) is 35.0 Å². The second-order valence-electron chi connectivity index (χ2n) is 3.40. The van der Waals surface area contributed by atoms with Crippen LogP contribution in [0.5, 0.6) is 0 Å². The zero-order valence-corrected chi connectivity index (χ0v) is 10.3. The van der Waals surface area contributed by atoms with Crippen LogP contribution in [0.25, 0.3) is 0 Å². The predicted octanol–water partition coefficient (Wildman–Crippen LogP) is 0.381. The minimum absolute atomic E-state index is 0.214. The fraction of sp³-hybridized carbons (Fsp3) is 0.500. The molecule has 0 saturated heterocycles. The Labute approximate surface area is 97.7 Å². The summed E-state index contributed by atoms with van der Waals surface area (Å²) in [5.74, 6) is -2.69. The van der Waals surface area contributed by atoms with Gasteiger partial charge in [0.1, 0.15) is 10.9 Å². The standard InChI is InChI=1S/C8H11ClN2O4S/c1-5-6(8(9)11(2)10-5)3-16(14,15)4-7(12)13/h3-4H2,1-2H3,(H,12,13). The molecule has 0 aliphatic heterocycles. The van der Waals surface area contributed by atoms with Gasteiger partial charge in [0, 0.05) is 12.6 Å². The molecule has 0 aliphatic rings. The van der Waals surface area contributed by atoms with Crippen LogP contribution in [0.2, 0.25) is 5.15 Å². The number of aliphatic carboxylic acids is 1. The summed E-state index contributed by atoms with van der Waals surface area (Å²) in [7, 11) is -2.12. The van der Waals surface area contributed by atoms with Crippen molar-refractivity contribution in [2.45, 2.75) is 12.7 Å². The van der Waals surface area contributed by atoms with Gasteiger partial charge in [-0.2, -0.15) is 5.10 Å². The van der Waals surface area contributed by atoms with Crippen molar-refractivity contribution >= 4 is 27.4 Å². The number of aromatic nitrogens is 2. The molecule has 0 bridgehead atoms. The van der Waals surface area contributed by atoms with Crippen LogP contribution in [0.1, 0.15) is 11.3 Å². The lowest BCUT2D eigenvalue weighted by Crippen LogP contribution is -2.17. The van der Waals surface area contributed by atoms with Gasteiger partial charge in [-0.15, -0.1) is 0 Å². The average molecular weight is 267 g/mol. The van der Waals surface area contributed by atoms with Crippen LogP contribution in [0.4, 0.5) is 0 Å². The van der Waals surface area contributed by atoms with E-state index in [2.05, 4.69) is 5.10 Å². The molecule has 0 amide bonds. The summed E-state index contributed by atoms with van der Waals surface area (Å²) in [6, 6.07) is 0. The number of halogens is 1. The summed E-state index contributed by atoms with van der Waals surface area (Å²) < 4.78 is 24.2. The van der Waals surface area contributed by atoms with Crippen molar-refractivity contribution in [3.05, 3.63) is 16.4 Å². The summed E-state index contributed by atoms with van der Waals surface area (Å²) in [5, 5.41) is 12.6. The van der Waals surface area contributed by atoms with Crippen LogP contribution in [0, 0.1) is 6.92 Å². The highest BCUT2D eigenvalue weighted by molar-refractivity contribution is 7.91. The van der Waals surface area contributed by atoms with Crippen molar-refractivity contribution in [2.75, 3.05) is 5.75 Å². The monoisotopic (exact) mass is 266 g/mol. The summed E-state index contributed by atoms with van der Waals surface area (Å²) >= 11 is 5.85. The number of hydrogen-bond donors (Lipinski definition) is 1. The summed E-state index contributed by atoms with van der Waals surface area (Å²) in [5.41, 5.74) is 0.840. The topological polar surface area (TPSA) is 89.3 Å². The minimum Gasteiger partial charge on any atom is -0.480 e. The van der Waals surface area contributed by atoms with Gasteiger partial charge in [-0.05, 0) is 6.92 Å². The van der Waals surface area contributed by atoms with Crippen LogP contribution in [0.15, 0.2) is 0 Å². The van der Waals surface area contributed by atoms with E-state index < -0.39 is 27.3 Å². The fourth-order valence-corrected chi connectivity index (χ4v) is 2.88. The molecule has 0 atom stereocenters. The maximum Gasteiger partial charge on any atom is 0.318 e. The minimum atomic E-state index is -3.70. The molecule has 6 nitrogen and oxygen atoms in total. The third-order valence-electron chi connectivity index (χ3n) is 1.98. The number of hydrogen-bond acceptors (Lipinski definition) is 4. The van der Waals surface area contributed by atoms with Crippen molar-refractivity contribution in [1.29, 1.82) is 0 Å². The van der Waals surface area contributed by atoms with Gasteiger partial charge >= 0.3 is 5.97 Å². The molecular weight excluding hydrogens is 256 g/mol. The Balaban J connectivity index is 3.01. The highest BCUT2D eigenvalue weighted by atomic mass is 35.5. The molecule has 1 rings (SSSR count). The van der Waals surface area contributed by atoms with Crippen LogP contribution in [-0.2, 0) is 27.4 Å². The lowest BCUT2D eigenvalue weighted by atomic mass is 10.3. The van der Waals surface area contributed by atoms with Crippen molar-refractivity contribution < 1.29 is 18.3 Å². The Hall–Kier alpha value is -1.08. The summed E-state index contributed by atoms with van der Waals surface area (Å²) in [6.45, 7) is 1.62. The molecule has 1 heterocycles. The molecular formula is C8H11ClN2O4S. The van der Waals surface area contributed by atoms with E-state index in [0.29, 0.717) is 11.3 Å². The number of carboxylic acids is 1. The second-order valence-corrected chi connectivity index (χ2v) is 5.83. The maximum atomic E-state index is 11.4. The molecule has 90 valence electrons. The van der Waals surface area contributed by atoms with E-state index in [1.807, 2.05) is 0 Å². The number of rotatable bonds is 4. The van der Waals surface area contributed by atoms with Crippen molar-refractivity contribution in [2.24, 2.45) is 7.05 Å². The van der Waals surface area contributed by atoms with Crippen molar-refractivity contribution in [3.8, 4) is 0 Å². The Bertz CT molecular complexity index is 520. The van der Waals surface area contributed by atoms with E-state index in [-0.39, 0.29) is 5.15 Å². The van der Waals surface area contributed by atoms with Crippen LogP contribution in [0.3, 0.4) is 0 Å². The number of carboxylic acid groups (broad SMARTS) is 1. The zero-order valence-electron chi connectivity index (χ0n) is 8.77. The Morgan fingerprint density at radius 1 is 1.56 bits per heavy atom. The van der Waals surface area contributed by atoms with Crippen LogP contribution >= 0.6 is 11.6 Å². The molecule has 16 heavy (non-hydrogen) atoms. The van der Waals surface area contributed by atoms with E-state index in [0.717, 1.165) is 0 Å². The Morgan fingerprint density at radius 2 is 2.12 bits per heavy atom. The highest BCUT2D eigenvalue weighted by Gasteiger charge is 2.21. The molecule has 0 saturated carbocycles. The van der Waals surface area contributed by atoms with E-state index in [1.165, 1.54) is 4.68 Å². The Morgan fingerprint density at radius 3 is 2.50 bits per heavy atom. The van der Waals surface area contributed by atoms with Gasteiger partial charge in [-0.1, -0.05) is 11.6 Å². The second kappa shape index (κ2) is 4.42. The number of sulfone groups is 1. The molecule has 0 fully saturated rings. The summed E-state index contributed by atoms with van der Waals surface area (Å²) in [4.78, 5) is 10.3. The maximum absolute atomic E-state index is 11.4. The molecule has 0 aliphatic carbocycles. The van der Waals surface area contributed by atoms with E-state index >= 15 is 0 Å². The highest BCUT2D eigenvalue weighted by Crippen LogP contribution is 2.21. The molecule has 8 heteroatoms. The largest absolute Gasteiger partial charge is 0.480 e. The average Bonchev–Trinajstić information content (AvgIpc) is 2.29. The lowest BCUT2D eigenvalue weighted by Gasteiger charge is -2.01. The molecule has 0 spiro atoms. The molecule has 0 unspecified atom stereocenters. The molecule has 1 aromatic rings. The molecule has 0 aromatic carbocycles. The van der Waals surface area contributed by atoms with Crippen molar-refractivity contribution in [3.63, 3.8) is 0 Å². The normalized spacial score (nSPS) is 11.7. The first kappa shape index (κ1) is 13.0. The first-order valence-corrected chi connectivity index (χ1v) is 6.53. The zero-order chi connectivity index (χ0) is 12.5. The molecule has 1 N–H and O–H groups in total.